The molecular weight excluding hydrogens is 298 g/mol. The van der Waals surface area contributed by atoms with E-state index in [-0.39, 0.29) is 35.8 Å². The topological polar surface area (TPSA) is 110 Å². The molecule has 0 unspecified atom stereocenters. The number of nitro groups is 1. The number of benzene rings is 1. The van der Waals surface area contributed by atoms with Crippen molar-refractivity contribution >= 4 is 27.1 Å². The Morgan fingerprint density at radius 1 is 1.33 bits per heavy atom. The van der Waals surface area contributed by atoms with E-state index in [2.05, 4.69) is 5.32 Å². The Balaban J connectivity index is 2.24. The van der Waals surface area contributed by atoms with Gasteiger partial charge in [-0.05, 0) is 12.1 Å². The summed E-state index contributed by atoms with van der Waals surface area (Å²) in [7, 11) is -1.52. The van der Waals surface area contributed by atoms with Crippen LogP contribution in [-0.2, 0) is 9.84 Å². The van der Waals surface area contributed by atoms with Gasteiger partial charge in [-0.1, -0.05) is 0 Å². The van der Waals surface area contributed by atoms with E-state index in [1.54, 1.807) is 7.05 Å². The molecule has 9 heteroatoms. The molecule has 1 heterocycles. The van der Waals surface area contributed by atoms with Crippen molar-refractivity contribution in [3.63, 3.8) is 0 Å². The summed E-state index contributed by atoms with van der Waals surface area (Å²) in [4.78, 5) is 24.1. The van der Waals surface area contributed by atoms with Crippen molar-refractivity contribution in [3.05, 3.63) is 33.9 Å². The van der Waals surface area contributed by atoms with Crippen molar-refractivity contribution in [1.29, 1.82) is 0 Å². The van der Waals surface area contributed by atoms with Gasteiger partial charge in [0.2, 0.25) is 0 Å². The van der Waals surface area contributed by atoms with Crippen LogP contribution < -0.4 is 5.32 Å². The molecule has 1 fully saturated rings. The third kappa shape index (κ3) is 3.30. The van der Waals surface area contributed by atoms with Crippen LogP contribution in [0.5, 0.6) is 0 Å². The molecule has 8 nitrogen and oxygen atoms in total. The van der Waals surface area contributed by atoms with Crippen LogP contribution in [0.2, 0.25) is 0 Å². The third-order valence-electron chi connectivity index (χ3n) is 3.34. The zero-order valence-electron chi connectivity index (χ0n) is 11.4. The number of amides is 1. The first-order valence-corrected chi connectivity index (χ1v) is 8.12. The number of carbonyl (C=O) groups is 1. The summed E-state index contributed by atoms with van der Waals surface area (Å²) >= 11 is 0. The van der Waals surface area contributed by atoms with Gasteiger partial charge < -0.3 is 10.2 Å². The normalized spacial score (nSPS) is 17.3. The molecule has 0 saturated carbocycles. The smallest absolute Gasteiger partial charge is 0.293 e. The largest absolute Gasteiger partial charge is 0.383 e. The maximum absolute atomic E-state index is 12.3. The minimum Gasteiger partial charge on any atom is -0.383 e. The maximum Gasteiger partial charge on any atom is 0.293 e. The molecule has 1 aliphatic rings. The zero-order valence-corrected chi connectivity index (χ0v) is 12.2. The second-order valence-electron chi connectivity index (χ2n) is 4.68. The molecule has 114 valence electrons. The Morgan fingerprint density at radius 3 is 2.48 bits per heavy atom. The summed E-state index contributed by atoms with van der Waals surface area (Å²) < 4.78 is 22.7. The van der Waals surface area contributed by atoms with Crippen molar-refractivity contribution in [1.82, 2.24) is 4.90 Å². The minimum atomic E-state index is -3.08. The Kier molecular flexibility index (Phi) is 4.12. The highest BCUT2D eigenvalue weighted by molar-refractivity contribution is 7.91. The van der Waals surface area contributed by atoms with E-state index in [1.807, 2.05) is 0 Å². The van der Waals surface area contributed by atoms with Gasteiger partial charge >= 0.3 is 0 Å². The number of hydrogen-bond acceptors (Lipinski definition) is 6. The van der Waals surface area contributed by atoms with Gasteiger partial charge in [0, 0.05) is 31.8 Å². The highest BCUT2D eigenvalue weighted by Crippen LogP contribution is 2.25. The summed E-state index contributed by atoms with van der Waals surface area (Å²) in [6, 6.07) is 4.16. The molecule has 0 aromatic heterocycles. The monoisotopic (exact) mass is 313 g/mol. The van der Waals surface area contributed by atoms with E-state index in [0.29, 0.717) is 5.69 Å². The van der Waals surface area contributed by atoms with Gasteiger partial charge in [-0.15, -0.1) is 0 Å². The lowest BCUT2D eigenvalue weighted by Crippen LogP contribution is -2.43. The lowest BCUT2D eigenvalue weighted by molar-refractivity contribution is -0.384. The van der Waals surface area contributed by atoms with Gasteiger partial charge in [-0.3, -0.25) is 14.9 Å². The molecule has 0 atom stereocenters. The number of nitrogens with one attached hydrogen (secondary N) is 1. The molecule has 0 radical (unpaired) electrons. The molecule has 1 aliphatic heterocycles. The van der Waals surface area contributed by atoms with Crippen LogP contribution in [0, 0.1) is 10.1 Å². The minimum absolute atomic E-state index is 0.0740. The fourth-order valence-electron chi connectivity index (χ4n) is 2.13. The van der Waals surface area contributed by atoms with E-state index in [9.17, 15) is 23.3 Å². The SMILES string of the molecule is CNc1ccc(C(=O)N2CCS(=O)(=O)CC2)cc1[N+](=O)[O-]. The fraction of sp³-hybridized carbons (Fsp3) is 0.417. The van der Waals surface area contributed by atoms with Crippen LogP contribution in [0.1, 0.15) is 10.4 Å². The maximum atomic E-state index is 12.3. The quantitative estimate of drug-likeness (QED) is 0.643. The first kappa shape index (κ1) is 15.2. The van der Waals surface area contributed by atoms with Gasteiger partial charge in [0.1, 0.15) is 5.69 Å². The Morgan fingerprint density at radius 2 is 1.95 bits per heavy atom. The molecule has 0 spiro atoms. The lowest BCUT2D eigenvalue weighted by atomic mass is 10.1. The number of hydrogen-bond donors (Lipinski definition) is 1. The van der Waals surface area contributed by atoms with Gasteiger partial charge in [-0.25, -0.2) is 8.42 Å². The lowest BCUT2D eigenvalue weighted by Gasteiger charge is -2.26. The molecule has 0 aliphatic carbocycles. The van der Waals surface area contributed by atoms with Gasteiger partial charge in [0.15, 0.2) is 9.84 Å². The molecule has 0 bridgehead atoms. The predicted octanol–water partition coefficient (Wildman–Crippen LogP) is 0.507. The van der Waals surface area contributed by atoms with Gasteiger partial charge in [0.05, 0.1) is 16.4 Å². The van der Waals surface area contributed by atoms with Crippen molar-refractivity contribution in [2.75, 3.05) is 37.0 Å². The van der Waals surface area contributed by atoms with Crippen molar-refractivity contribution < 1.29 is 18.1 Å². The Bertz CT molecular complexity index is 672. The van der Waals surface area contributed by atoms with E-state index >= 15 is 0 Å². The summed E-state index contributed by atoms with van der Waals surface area (Å²) in [5.41, 5.74) is 0.311. The molecule has 1 N–H and O–H groups in total. The number of carbonyl (C=O) groups excluding carboxylic acids is 1. The first-order chi connectivity index (χ1) is 9.84. The summed E-state index contributed by atoms with van der Waals surface area (Å²) in [6.07, 6.45) is 0. The van der Waals surface area contributed by atoms with Crippen LogP contribution in [0.3, 0.4) is 0 Å². The van der Waals surface area contributed by atoms with Crippen LogP contribution in [-0.4, -0.2) is 55.8 Å². The fourth-order valence-corrected chi connectivity index (χ4v) is 3.33. The van der Waals surface area contributed by atoms with Crippen molar-refractivity contribution in [2.45, 2.75) is 0 Å². The zero-order chi connectivity index (χ0) is 15.6. The molecule has 1 saturated heterocycles. The number of sulfone groups is 1. The van der Waals surface area contributed by atoms with Crippen molar-refractivity contribution in [3.8, 4) is 0 Å². The van der Waals surface area contributed by atoms with E-state index < -0.39 is 20.7 Å². The van der Waals surface area contributed by atoms with E-state index in [0.717, 1.165) is 0 Å². The highest BCUT2D eigenvalue weighted by Gasteiger charge is 2.27. The molecule has 1 aromatic carbocycles. The first-order valence-electron chi connectivity index (χ1n) is 6.30. The summed E-state index contributed by atoms with van der Waals surface area (Å²) in [5, 5.41) is 13.7. The standard InChI is InChI=1S/C12H15N3O5S/c1-13-10-3-2-9(8-11(10)15(17)18)12(16)14-4-6-21(19,20)7-5-14/h2-3,8,13H,4-7H2,1H3. The molecular formula is C12H15N3O5S. The van der Waals surface area contributed by atoms with Crippen molar-refractivity contribution in [2.24, 2.45) is 0 Å². The van der Waals surface area contributed by atoms with Crippen LogP contribution >= 0.6 is 0 Å². The Labute approximate surface area is 121 Å². The molecule has 1 aromatic rings. The van der Waals surface area contributed by atoms with Gasteiger partial charge in [0.25, 0.3) is 11.6 Å². The molecule has 21 heavy (non-hydrogen) atoms. The number of nitro benzene ring substituents is 1. The number of rotatable bonds is 3. The predicted molar refractivity (Wildman–Crippen MR) is 77.2 cm³/mol. The van der Waals surface area contributed by atoms with Crippen LogP contribution in [0.4, 0.5) is 11.4 Å². The molecule has 1 amide bonds. The molecule has 2 rings (SSSR count). The average Bonchev–Trinajstić information content (AvgIpc) is 2.45. The second-order valence-corrected chi connectivity index (χ2v) is 6.99. The number of anilines is 1. The van der Waals surface area contributed by atoms with Crippen LogP contribution in [0.25, 0.3) is 0 Å². The highest BCUT2D eigenvalue weighted by atomic mass is 32.2. The number of nitrogens with zero attached hydrogens (tertiary/aromatic N) is 2. The second kappa shape index (κ2) is 5.68. The third-order valence-corrected chi connectivity index (χ3v) is 4.95. The van der Waals surface area contributed by atoms with Gasteiger partial charge in [-0.2, -0.15) is 0 Å². The van der Waals surface area contributed by atoms with E-state index in [1.165, 1.54) is 23.1 Å². The average molecular weight is 313 g/mol. The van der Waals surface area contributed by atoms with E-state index in [4.69, 9.17) is 0 Å². The Hall–Kier alpha value is -2.16. The summed E-state index contributed by atoms with van der Waals surface area (Å²) in [6.45, 7) is 0.228. The summed E-state index contributed by atoms with van der Waals surface area (Å²) in [5.74, 6) is -0.541. The van der Waals surface area contributed by atoms with Crippen LogP contribution in [0.15, 0.2) is 18.2 Å².